The van der Waals surface area contributed by atoms with E-state index in [9.17, 15) is 9.59 Å². The van der Waals surface area contributed by atoms with Crippen LogP contribution in [0.3, 0.4) is 0 Å². The van der Waals surface area contributed by atoms with Crippen LogP contribution in [0, 0.1) is 0 Å². The van der Waals surface area contributed by atoms with Crippen LogP contribution in [0.2, 0.25) is 0 Å². The van der Waals surface area contributed by atoms with Gasteiger partial charge in [-0.1, -0.05) is 30.3 Å². The summed E-state index contributed by atoms with van der Waals surface area (Å²) < 4.78 is 7.53. The summed E-state index contributed by atoms with van der Waals surface area (Å²) in [5, 5.41) is 5.58. The zero-order chi connectivity index (χ0) is 23.0. The fourth-order valence-electron chi connectivity index (χ4n) is 4.33. The van der Waals surface area contributed by atoms with Crippen molar-refractivity contribution in [3.8, 4) is 5.75 Å². The number of aryl methyl sites for hydroxylation is 2. The van der Waals surface area contributed by atoms with Crippen molar-refractivity contribution in [1.82, 2.24) is 14.8 Å². The van der Waals surface area contributed by atoms with Gasteiger partial charge in [-0.3, -0.25) is 14.5 Å². The molecule has 0 saturated carbocycles. The molecule has 2 aliphatic rings. The molecule has 1 atom stereocenters. The fourth-order valence-corrected chi connectivity index (χ4v) is 5.15. The molecule has 1 N–H and O–H groups in total. The highest BCUT2D eigenvalue weighted by atomic mass is 32.2. The first kappa shape index (κ1) is 23.6. The molecule has 1 aromatic carbocycles. The van der Waals surface area contributed by atoms with Crippen LogP contribution in [0.1, 0.15) is 37.3 Å². The van der Waals surface area contributed by atoms with Gasteiger partial charge in [-0.25, -0.2) is 0 Å². The first-order valence-corrected chi connectivity index (χ1v) is 12.7. The number of piperidine rings is 1. The van der Waals surface area contributed by atoms with Crippen LogP contribution in [0.15, 0.2) is 58.9 Å². The van der Waals surface area contributed by atoms with Gasteiger partial charge in [-0.2, -0.15) is 0 Å². The Balaban J connectivity index is 1.21. The second-order valence-corrected chi connectivity index (χ2v) is 10.1. The summed E-state index contributed by atoms with van der Waals surface area (Å²) in [5.74, 6) is 0.709. The number of allylic oxidation sites excluding steroid dienone is 1. The predicted molar refractivity (Wildman–Crippen MR) is 134 cm³/mol. The van der Waals surface area contributed by atoms with Crippen molar-refractivity contribution in [3.63, 3.8) is 0 Å². The minimum atomic E-state index is -0.0241. The van der Waals surface area contributed by atoms with E-state index in [0.29, 0.717) is 30.2 Å². The summed E-state index contributed by atoms with van der Waals surface area (Å²) in [4.78, 5) is 26.1. The van der Waals surface area contributed by atoms with Crippen LogP contribution in [0.25, 0.3) is 0 Å². The van der Waals surface area contributed by atoms with Crippen molar-refractivity contribution in [2.24, 2.45) is 0 Å². The number of hydrogen-bond donors (Lipinski definition) is 1. The molecule has 0 spiro atoms. The maximum Gasteiger partial charge on any atom is 0.254 e. The van der Waals surface area contributed by atoms with E-state index < -0.39 is 0 Å². The smallest absolute Gasteiger partial charge is 0.254 e. The van der Waals surface area contributed by atoms with Crippen LogP contribution in [0.5, 0.6) is 5.75 Å². The average molecular weight is 468 g/mol. The number of aromatic nitrogens is 1. The summed E-state index contributed by atoms with van der Waals surface area (Å²) in [6.07, 6.45) is 7.84. The molecule has 1 amide bonds. The zero-order valence-corrected chi connectivity index (χ0v) is 20.1. The third-order valence-corrected chi connectivity index (χ3v) is 7.30. The number of nitrogens with one attached hydrogen (secondary N) is 1. The number of pyridine rings is 1. The molecule has 33 heavy (non-hydrogen) atoms. The molecule has 1 fully saturated rings. The number of carbonyl (C=O) groups is 1. The Kier molecular flexibility index (Phi) is 8.29. The lowest BCUT2D eigenvalue weighted by molar-refractivity contribution is -0.119. The summed E-state index contributed by atoms with van der Waals surface area (Å²) in [7, 11) is 0. The van der Waals surface area contributed by atoms with Crippen molar-refractivity contribution in [1.29, 1.82) is 0 Å². The van der Waals surface area contributed by atoms with Crippen molar-refractivity contribution in [2.75, 3.05) is 19.7 Å². The van der Waals surface area contributed by atoms with Gasteiger partial charge in [0.05, 0.1) is 0 Å². The molecule has 1 saturated heterocycles. The number of amides is 1. The summed E-state index contributed by atoms with van der Waals surface area (Å²) in [5.41, 5.74) is 2.50. The van der Waals surface area contributed by atoms with E-state index in [0.717, 1.165) is 45.3 Å². The molecule has 3 heterocycles. The lowest BCUT2D eigenvalue weighted by Gasteiger charge is -2.32. The third kappa shape index (κ3) is 7.24. The second kappa shape index (κ2) is 11.6. The van der Waals surface area contributed by atoms with Crippen LogP contribution in [-0.2, 0) is 24.3 Å². The Labute approximate surface area is 200 Å². The Hall–Kier alpha value is -2.51. The third-order valence-electron chi connectivity index (χ3n) is 6.24. The molecule has 7 heteroatoms. The summed E-state index contributed by atoms with van der Waals surface area (Å²) in [6, 6.07) is 12.5. The van der Waals surface area contributed by atoms with Gasteiger partial charge in [-0.15, -0.1) is 11.8 Å². The van der Waals surface area contributed by atoms with Gasteiger partial charge in [0.2, 0.25) is 5.91 Å². The minimum Gasteiger partial charge on any atom is -0.492 e. The number of benzene rings is 1. The van der Waals surface area contributed by atoms with Gasteiger partial charge < -0.3 is 14.6 Å². The molecule has 2 aromatic rings. The molecule has 1 unspecified atom stereocenters. The molecular formula is C26H33N3O3S. The van der Waals surface area contributed by atoms with E-state index in [1.807, 2.05) is 12.3 Å². The number of nitrogens with zero attached hydrogens (tertiary/aromatic N) is 2. The molecule has 2 aliphatic heterocycles. The first-order chi connectivity index (χ1) is 16.0. The highest BCUT2D eigenvalue weighted by Gasteiger charge is 2.19. The second-order valence-electron chi connectivity index (χ2n) is 8.89. The Morgan fingerprint density at radius 1 is 1.15 bits per heavy atom. The van der Waals surface area contributed by atoms with Crippen LogP contribution < -0.4 is 15.6 Å². The highest BCUT2D eigenvalue weighted by molar-refractivity contribution is 8.03. The van der Waals surface area contributed by atoms with Gasteiger partial charge in [0, 0.05) is 56.7 Å². The van der Waals surface area contributed by atoms with E-state index >= 15 is 0 Å². The minimum absolute atomic E-state index is 0.0241. The van der Waals surface area contributed by atoms with Crippen LogP contribution >= 0.6 is 11.8 Å². The number of carbonyl (C=O) groups excluding carboxylic acids is 1. The fraction of sp³-hybridized carbons (Fsp3) is 0.462. The van der Waals surface area contributed by atoms with Crippen molar-refractivity contribution in [2.45, 2.75) is 57.0 Å². The van der Waals surface area contributed by atoms with Crippen LogP contribution in [-0.4, -0.2) is 46.4 Å². The van der Waals surface area contributed by atoms with Gasteiger partial charge in [0.25, 0.3) is 5.56 Å². The topological polar surface area (TPSA) is 63.6 Å². The normalized spacial score (nSPS) is 19.0. The maximum absolute atomic E-state index is 12.5. The molecule has 0 aliphatic carbocycles. The van der Waals surface area contributed by atoms with Gasteiger partial charge in [0.15, 0.2) is 0 Å². The highest BCUT2D eigenvalue weighted by Crippen LogP contribution is 2.24. The number of hydrogen-bond acceptors (Lipinski definition) is 5. The number of ether oxygens (including phenoxy) is 1. The SMILES string of the molecule is CC(=O)NC1CCN(Cc2ccc(CCn3ccc(OCC4CC=CS4)cc3=O)cc2)CC1. The lowest BCUT2D eigenvalue weighted by atomic mass is 10.0. The van der Waals surface area contributed by atoms with Gasteiger partial charge in [0.1, 0.15) is 12.4 Å². The largest absolute Gasteiger partial charge is 0.492 e. The molecular weight excluding hydrogens is 434 g/mol. The number of likely N-dealkylation sites (tertiary alicyclic amines) is 1. The molecule has 4 rings (SSSR count). The molecule has 1 aromatic heterocycles. The van der Waals surface area contributed by atoms with E-state index in [-0.39, 0.29) is 11.5 Å². The summed E-state index contributed by atoms with van der Waals surface area (Å²) >= 11 is 1.78. The molecule has 0 bridgehead atoms. The Bertz CT molecular complexity index is 1000. The van der Waals surface area contributed by atoms with Crippen molar-refractivity contribution >= 4 is 17.7 Å². The maximum atomic E-state index is 12.5. The van der Waals surface area contributed by atoms with Gasteiger partial charge >= 0.3 is 0 Å². The van der Waals surface area contributed by atoms with E-state index in [1.165, 1.54) is 11.1 Å². The van der Waals surface area contributed by atoms with Crippen LogP contribution in [0.4, 0.5) is 0 Å². The van der Waals surface area contributed by atoms with Crippen molar-refractivity contribution in [3.05, 3.63) is 75.6 Å². The Morgan fingerprint density at radius 3 is 2.58 bits per heavy atom. The standard InChI is InChI=1S/C26H33N3O3S/c1-20(30)27-23-9-12-28(13-10-23)18-22-6-4-21(5-7-22)8-14-29-15-11-24(17-26(29)31)32-19-25-3-2-16-33-25/h2,4-7,11,15-17,23,25H,3,8-10,12-14,18-19H2,1H3,(H,27,30). The average Bonchev–Trinajstić information content (AvgIpc) is 3.33. The first-order valence-electron chi connectivity index (χ1n) is 11.8. The quantitative estimate of drug-likeness (QED) is 0.611. The lowest BCUT2D eigenvalue weighted by Crippen LogP contribution is -2.43. The Morgan fingerprint density at radius 2 is 1.91 bits per heavy atom. The molecule has 6 nitrogen and oxygen atoms in total. The van der Waals surface area contributed by atoms with Gasteiger partial charge in [-0.05, 0) is 48.3 Å². The summed E-state index contributed by atoms with van der Waals surface area (Å²) in [6.45, 7) is 5.81. The number of rotatable bonds is 9. The van der Waals surface area contributed by atoms with Crippen molar-refractivity contribution < 1.29 is 9.53 Å². The van der Waals surface area contributed by atoms with E-state index in [1.54, 1.807) is 29.3 Å². The van der Waals surface area contributed by atoms with E-state index in [4.69, 9.17) is 4.74 Å². The monoisotopic (exact) mass is 467 g/mol. The van der Waals surface area contributed by atoms with E-state index in [2.05, 4.69) is 46.0 Å². The molecule has 0 radical (unpaired) electrons. The molecule has 176 valence electrons. The number of thioether (sulfide) groups is 1. The predicted octanol–water partition coefficient (Wildman–Crippen LogP) is 3.59. The zero-order valence-electron chi connectivity index (χ0n) is 19.2.